The van der Waals surface area contributed by atoms with E-state index in [4.69, 9.17) is 17.3 Å². The molecule has 2 aromatic rings. The van der Waals surface area contributed by atoms with Crippen LogP contribution in [0.4, 0.5) is 0 Å². The number of piperidine rings is 1. The van der Waals surface area contributed by atoms with E-state index in [9.17, 15) is 4.79 Å². The summed E-state index contributed by atoms with van der Waals surface area (Å²) in [5, 5.41) is 0.784. The average molecular weight is 371 g/mol. The number of nitrogens with two attached hydrogens (primary N) is 1. The molecule has 3 nitrogen and oxygen atoms in total. The first-order valence-electron chi connectivity index (χ1n) is 9.44. The van der Waals surface area contributed by atoms with Crippen LogP contribution >= 0.6 is 11.6 Å². The molecule has 1 aliphatic rings. The fourth-order valence-corrected chi connectivity index (χ4v) is 3.72. The van der Waals surface area contributed by atoms with E-state index in [0.717, 1.165) is 49.4 Å². The molecule has 1 aliphatic heterocycles. The molecule has 4 heteroatoms. The van der Waals surface area contributed by atoms with Crippen LogP contribution in [0.1, 0.15) is 36.0 Å². The van der Waals surface area contributed by atoms with Crippen LogP contribution in [-0.4, -0.2) is 23.9 Å². The lowest BCUT2D eigenvalue weighted by Crippen LogP contribution is -2.39. The molecule has 0 aliphatic carbocycles. The molecule has 1 heterocycles. The summed E-state index contributed by atoms with van der Waals surface area (Å²) < 4.78 is 0. The van der Waals surface area contributed by atoms with Gasteiger partial charge < -0.3 is 10.6 Å². The van der Waals surface area contributed by atoms with Crippen LogP contribution in [0.3, 0.4) is 0 Å². The highest BCUT2D eigenvalue weighted by atomic mass is 35.5. The van der Waals surface area contributed by atoms with Gasteiger partial charge in [-0.15, -0.1) is 0 Å². The van der Waals surface area contributed by atoms with Gasteiger partial charge in [-0.2, -0.15) is 0 Å². The molecule has 0 radical (unpaired) electrons. The zero-order valence-corrected chi connectivity index (χ0v) is 15.9. The molecule has 1 fully saturated rings. The molecule has 0 aromatic heterocycles. The summed E-state index contributed by atoms with van der Waals surface area (Å²) in [6.07, 6.45) is 4.63. The lowest BCUT2D eigenvalue weighted by atomic mass is 9.90. The largest absolute Gasteiger partial charge is 0.343 e. The minimum Gasteiger partial charge on any atom is -0.343 e. The molecule has 0 unspecified atom stereocenters. The molecule has 26 heavy (non-hydrogen) atoms. The van der Waals surface area contributed by atoms with E-state index in [-0.39, 0.29) is 5.91 Å². The van der Waals surface area contributed by atoms with Crippen LogP contribution in [0.2, 0.25) is 5.02 Å². The van der Waals surface area contributed by atoms with E-state index in [2.05, 4.69) is 24.3 Å². The number of nitrogens with zero attached hydrogens (tertiary/aromatic N) is 1. The highest BCUT2D eigenvalue weighted by Gasteiger charge is 2.22. The van der Waals surface area contributed by atoms with E-state index in [1.807, 2.05) is 29.2 Å². The number of halogens is 1. The maximum atomic E-state index is 12.5. The molecule has 3 rings (SSSR count). The van der Waals surface area contributed by atoms with Gasteiger partial charge in [-0.05, 0) is 60.4 Å². The highest BCUT2D eigenvalue weighted by Crippen LogP contribution is 2.23. The maximum absolute atomic E-state index is 12.5. The van der Waals surface area contributed by atoms with Crippen molar-refractivity contribution in [1.82, 2.24) is 4.90 Å². The maximum Gasteiger partial charge on any atom is 0.222 e. The first-order valence-corrected chi connectivity index (χ1v) is 9.82. The van der Waals surface area contributed by atoms with Crippen LogP contribution in [0.15, 0.2) is 48.5 Å². The van der Waals surface area contributed by atoms with Gasteiger partial charge in [0, 0.05) is 31.1 Å². The predicted molar refractivity (Wildman–Crippen MR) is 107 cm³/mol. The van der Waals surface area contributed by atoms with Crippen LogP contribution in [0.5, 0.6) is 0 Å². The number of likely N-dealkylation sites (tertiary alicyclic amines) is 1. The van der Waals surface area contributed by atoms with Crippen LogP contribution in [0.25, 0.3) is 0 Å². The Morgan fingerprint density at radius 3 is 2.15 bits per heavy atom. The van der Waals surface area contributed by atoms with Crippen molar-refractivity contribution in [3.8, 4) is 0 Å². The zero-order chi connectivity index (χ0) is 18.4. The van der Waals surface area contributed by atoms with E-state index < -0.39 is 0 Å². The molecule has 2 aromatic carbocycles. The van der Waals surface area contributed by atoms with Crippen molar-refractivity contribution < 1.29 is 4.79 Å². The average Bonchev–Trinajstić information content (AvgIpc) is 2.69. The summed E-state index contributed by atoms with van der Waals surface area (Å²) in [6, 6.07) is 16.4. The third-order valence-corrected chi connectivity index (χ3v) is 5.54. The zero-order valence-electron chi connectivity index (χ0n) is 15.2. The van der Waals surface area contributed by atoms with Crippen molar-refractivity contribution in [2.75, 3.05) is 13.1 Å². The Hall–Kier alpha value is -1.84. The summed E-state index contributed by atoms with van der Waals surface area (Å²) in [4.78, 5) is 14.5. The van der Waals surface area contributed by atoms with Gasteiger partial charge >= 0.3 is 0 Å². The van der Waals surface area contributed by atoms with Gasteiger partial charge in [0.05, 0.1) is 0 Å². The SMILES string of the molecule is NCc1ccc(CCC(=O)N2CCC(Cc3ccc(Cl)cc3)CC2)cc1. The Kier molecular flexibility index (Phi) is 6.70. The second-order valence-electron chi connectivity index (χ2n) is 7.18. The first-order chi connectivity index (χ1) is 12.6. The van der Waals surface area contributed by atoms with Gasteiger partial charge in [-0.1, -0.05) is 48.0 Å². The van der Waals surface area contributed by atoms with Gasteiger partial charge in [0.15, 0.2) is 0 Å². The van der Waals surface area contributed by atoms with Gasteiger partial charge in [0.2, 0.25) is 5.91 Å². The molecular formula is C22H27ClN2O. The van der Waals surface area contributed by atoms with Crippen molar-refractivity contribution in [2.45, 2.75) is 38.6 Å². The Bertz CT molecular complexity index is 704. The molecule has 138 valence electrons. The number of carbonyl (C=O) groups excluding carboxylic acids is 1. The quantitative estimate of drug-likeness (QED) is 0.827. The second kappa shape index (κ2) is 9.20. The van der Waals surface area contributed by atoms with E-state index in [1.165, 1.54) is 11.1 Å². The molecule has 1 amide bonds. The van der Waals surface area contributed by atoms with Gasteiger partial charge in [0.25, 0.3) is 0 Å². The fraction of sp³-hybridized carbons (Fsp3) is 0.409. The molecule has 0 atom stereocenters. The van der Waals surface area contributed by atoms with Gasteiger partial charge in [-0.25, -0.2) is 0 Å². The Morgan fingerprint density at radius 1 is 0.962 bits per heavy atom. The number of aryl methyl sites for hydroxylation is 1. The predicted octanol–water partition coefficient (Wildman–Crippen LogP) is 4.21. The van der Waals surface area contributed by atoms with Crippen molar-refractivity contribution in [3.05, 3.63) is 70.2 Å². The molecule has 2 N–H and O–H groups in total. The van der Waals surface area contributed by atoms with Gasteiger partial charge in [0.1, 0.15) is 0 Å². The molecule has 0 saturated carbocycles. The Balaban J connectivity index is 1.42. The lowest BCUT2D eigenvalue weighted by molar-refractivity contribution is -0.132. The number of rotatable bonds is 6. The second-order valence-corrected chi connectivity index (χ2v) is 7.61. The third kappa shape index (κ3) is 5.33. The van der Waals surface area contributed by atoms with Crippen LogP contribution in [0, 0.1) is 5.92 Å². The topological polar surface area (TPSA) is 46.3 Å². The minimum absolute atomic E-state index is 0.276. The molecular weight excluding hydrogens is 344 g/mol. The fourth-order valence-electron chi connectivity index (χ4n) is 3.59. The Labute approximate surface area is 161 Å². The number of amides is 1. The van der Waals surface area contributed by atoms with Gasteiger partial charge in [-0.3, -0.25) is 4.79 Å². The van der Waals surface area contributed by atoms with Crippen LogP contribution in [-0.2, 0) is 24.2 Å². The minimum atomic E-state index is 0.276. The number of hydrogen-bond donors (Lipinski definition) is 1. The normalized spacial score (nSPS) is 15.2. The van der Waals surface area contributed by atoms with E-state index >= 15 is 0 Å². The third-order valence-electron chi connectivity index (χ3n) is 5.29. The standard InChI is InChI=1S/C22H27ClN2O/c23-21-8-5-18(6-9-21)15-19-11-13-25(14-12-19)22(26)10-7-17-1-3-20(16-24)4-2-17/h1-6,8-9,19H,7,10-16,24H2. The summed E-state index contributed by atoms with van der Waals surface area (Å²) in [5.74, 6) is 0.932. The number of hydrogen-bond acceptors (Lipinski definition) is 2. The number of benzene rings is 2. The molecule has 0 spiro atoms. The number of carbonyl (C=O) groups is 1. The molecule has 1 saturated heterocycles. The van der Waals surface area contributed by atoms with Crippen molar-refractivity contribution in [1.29, 1.82) is 0 Å². The van der Waals surface area contributed by atoms with E-state index in [0.29, 0.717) is 18.9 Å². The monoisotopic (exact) mass is 370 g/mol. The van der Waals surface area contributed by atoms with E-state index in [1.54, 1.807) is 0 Å². The van der Waals surface area contributed by atoms with Crippen LogP contribution < -0.4 is 5.73 Å². The smallest absolute Gasteiger partial charge is 0.222 e. The lowest BCUT2D eigenvalue weighted by Gasteiger charge is -2.32. The van der Waals surface area contributed by atoms with Crippen molar-refractivity contribution in [2.24, 2.45) is 11.7 Å². The summed E-state index contributed by atoms with van der Waals surface area (Å²) in [7, 11) is 0. The first kappa shape index (κ1) is 18.9. The van der Waals surface area contributed by atoms with Crippen molar-refractivity contribution in [3.63, 3.8) is 0 Å². The van der Waals surface area contributed by atoms with Crippen molar-refractivity contribution >= 4 is 17.5 Å². The molecule has 0 bridgehead atoms. The summed E-state index contributed by atoms with van der Waals surface area (Å²) in [5.41, 5.74) is 9.28. The summed E-state index contributed by atoms with van der Waals surface area (Å²) in [6.45, 7) is 2.32. The highest BCUT2D eigenvalue weighted by molar-refractivity contribution is 6.30. The summed E-state index contributed by atoms with van der Waals surface area (Å²) >= 11 is 5.95. The Morgan fingerprint density at radius 2 is 1.54 bits per heavy atom.